The lowest BCUT2D eigenvalue weighted by molar-refractivity contribution is -0.124. The molecular formula is C23H31N3O3S. The van der Waals surface area contributed by atoms with Crippen molar-refractivity contribution in [2.45, 2.75) is 50.3 Å². The van der Waals surface area contributed by atoms with Crippen LogP contribution in [-0.2, 0) is 26.2 Å². The van der Waals surface area contributed by atoms with E-state index in [0.717, 1.165) is 32.5 Å². The van der Waals surface area contributed by atoms with Crippen molar-refractivity contribution in [1.82, 2.24) is 15.2 Å². The quantitative estimate of drug-likeness (QED) is 0.653. The topological polar surface area (TPSA) is 63.7 Å². The maximum atomic E-state index is 12.3. The Labute approximate surface area is 182 Å². The SMILES string of the molecule is CCC(=O)N[C@H]1c2ccccc2C2(CCN(Cc3nccs3)CC2)[C@@H]1OCCOC. The van der Waals surface area contributed by atoms with Gasteiger partial charge in [-0.15, -0.1) is 11.3 Å². The van der Waals surface area contributed by atoms with Gasteiger partial charge in [-0.25, -0.2) is 4.98 Å². The van der Waals surface area contributed by atoms with Crippen LogP contribution in [0.1, 0.15) is 48.4 Å². The van der Waals surface area contributed by atoms with Crippen molar-refractivity contribution in [2.24, 2.45) is 0 Å². The highest BCUT2D eigenvalue weighted by Gasteiger charge is 2.54. The molecule has 1 saturated heterocycles. The molecule has 1 aromatic heterocycles. The first-order valence-electron chi connectivity index (χ1n) is 10.8. The highest BCUT2D eigenvalue weighted by molar-refractivity contribution is 7.09. The van der Waals surface area contributed by atoms with Gasteiger partial charge in [0.15, 0.2) is 0 Å². The summed E-state index contributed by atoms with van der Waals surface area (Å²) in [6, 6.07) is 8.44. The standard InChI is InChI=1S/C23H31N3O3S/c1-3-19(27)25-21-17-6-4-5-7-18(17)23(22(21)29-14-13-28-2)8-11-26(12-9-23)16-20-24-10-15-30-20/h4-7,10,15,21-22H,3,8-9,11-14,16H2,1-2H3,(H,25,27)/t21-,22+/m0/s1. The van der Waals surface area contributed by atoms with Crippen LogP contribution in [0, 0.1) is 0 Å². The summed E-state index contributed by atoms with van der Waals surface area (Å²) in [6.45, 7) is 5.86. The van der Waals surface area contributed by atoms with E-state index in [1.54, 1.807) is 18.4 Å². The second-order valence-electron chi connectivity index (χ2n) is 8.13. The van der Waals surface area contributed by atoms with Crippen molar-refractivity contribution in [3.05, 3.63) is 52.0 Å². The van der Waals surface area contributed by atoms with Gasteiger partial charge in [0.1, 0.15) is 5.01 Å². The molecule has 2 heterocycles. The predicted molar refractivity (Wildman–Crippen MR) is 118 cm³/mol. The number of hydrogen-bond acceptors (Lipinski definition) is 6. The van der Waals surface area contributed by atoms with E-state index in [9.17, 15) is 4.79 Å². The molecule has 0 bridgehead atoms. The Morgan fingerprint density at radius 2 is 2.10 bits per heavy atom. The summed E-state index contributed by atoms with van der Waals surface area (Å²) in [4.78, 5) is 19.3. The Morgan fingerprint density at radius 1 is 1.30 bits per heavy atom. The third-order valence-corrected chi connectivity index (χ3v) is 7.26. The number of hydrogen-bond donors (Lipinski definition) is 1. The van der Waals surface area contributed by atoms with E-state index in [-0.39, 0.29) is 23.5 Å². The average Bonchev–Trinajstić information content (AvgIpc) is 3.37. The largest absolute Gasteiger partial charge is 0.382 e. The summed E-state index contributed by atoms with van der Waals surface area (Å²) in [6.07, 6.45) is 4.27. The molecule has 0 saturated carbocycles. The van der Waals surface area contributed by atoms with Crippen LogP contribution >= 0.6 is 11.3 Å². The molecule has 2 aliphatic rings. The van der Waals surface area contributed by atoms with E-state index >= 15 is 0 Å². The van der Waals surface area contributed by atoms with Gasteiger partial charge < -0.3 is 14.8 Å². The van der Waals surface area contributed by atoms with Gasteiger partial charge in [0.25, 0.3) is 0 Å². The molecule has 1 fully saturated rings. The van der Waals surface area contributed by atoms with Gasteiger partial charge in [-0.05, 0) is 37.1 Å². The van der Waals surface area contributed by atoms with Gasteiger partial charge in [-0.3, -0.25) is 9.69 Å². The van der Waals surface area contributed by atoms with Gasteiger partial charge in [0.05, 0.1) is 31.9 Å². The Balaban J connectivity index is 1.59. The molecule has 4 rings (SSSR count). The van der Waals surface area contributed by atoms with E-state index < -0.39 is 0 Å². The number of thiazole rings is 1. The summed E-state index contributed by atoms with van der Waals surface area (Å²) >= 11 is 1.71. The first-order valence-corrected chi connectivity index (χ1v) is 11.7. The molecule has 0 radical (unpaired) electrons. The highest BCUT2D eigenvalue weighted by atomic mass is 32.1. The summed E-state index contributed by atoms with van der Waals surface area (Å²) in [5.41, 5.74) is 2.45. The van der Waals surface area contributed by atoms with Crippen molar-refractivity contribution >= 4 is 17.2 Å². The van der Waals surface area contributed by atoms with E-state index in [1.165, 1.54) is 16.1 Å². The van der Waals surface area contributed by atoms with Crippen molar-refractivity contribution in [3.63, 3.8) is 0 Å². The third kappa shape index (κ3) is 4.17. The van der Waals surface area contributed by atoms with Gasteiger partial charge >= 0.3 is 0 Å². The number of carbonyl (C=O) groups excluding carboxylic acids is 1. The molecule has 162 valence electrons. The number of amides is 1. The monoisotopic (exact) mass is 429 g/mol. The molecule has 1 N–H and O–H groups in total. The normalized spacial score (nSPS) is 22.9. The Hall–Kier alpha value is -1.80. The number of fused-ring (bicyclic) bond motifs is 2. The zero-order valence-corrected chi connectivity index (χ0v) is 18.6. The fourth-order valence-electron chi connectivity index (χ4n) is 4.99. The number of aromatic nitrogens is 1. The van der Waals surface area contributed by atoms with Crippen LogP contribution in [0.15, 0.2) is 35.8 Å². The molecule has 1 aliphatic heterocycles. The van der Waals surface area contributed by atoms with E-state index in [1.807, 2.05) is 18.5 Å². The maximum absolute atomic E-state index is 12.3. The number of methoxy groups -OCH3 is 1. The molecule has 6 nitrogen and oxygen atoms in total. The molecule has 1 aromatic carbocycles. The van der Waals surface area contributed by atoms with Gasteiger partial charge in [-0.2, -0.15) is 0 Å². The van der Waals surface area contributed by atoms with Crippen LogP contribution in [-0.4, -0.2) is 55.3 Å². The molecule has 1 spiro atoms. The first-order chi connectivity index (χ1) is 14.7. The fourth-order valence-corrected chi connectivity index (χ4v) is 5.64. The van der Waals surface area contributed by atoms with Crippen LogP contribution < -0.4 is 5.32 Å². The lowest BCUT2D eigenvalue weighted by Gasteiger charge is -2.44. The molecule has 1 amide bonds. The van der Waals surface area contributed by atoms with Crippen molar-refractivity contribution in [3.8, 4) is 0 Å². The van der Waals surface area contributed by atoms with Crippen molar-refractivity contribution in [2.75, 3.05) is 33.4 Å². The fraction of sp³-hybridized carbons (Fsp3) is 0.565. The highest BCUT2D eigenvalue weighted by Crippen LogP contribution is 2.52. The smallest absolute Gasteiger partial charge is 0.220 e. The summed E-state index contributed by atoms with van der Waals surface area (Å²) < 4.78 is 11.7. The zero-order valence-electron chi connectivity index (χ0n) is 17.8. The number of likely N-dealkylation sites (tertiary alicyclic amines) is 1. The minimum absolute atomic E-state index is 0.0633. The zero-order chi connectivity index (χ0) is 21.0. The first kappa shape index (κ1) is 21.4. The van der Waals surface area contributed by atoms with Gasteiger partial charge in [-0.1, -0.05) is 31.2 Å². The van der Waals surface area contributed by atoms with Crippen LogP contribution in [0.3, 0.4) is 0 Å². The molecule has 2 aromatic rings. The minimum atomic E-state index is -0.115. The van der Waals surface area contributed by atoms with Crippen LogP contribution in [0.25, 0.3) is 0 Å². The molecule has 0 unspecified atom stereocenters. The number of piperidine rings is 1. The van der Waals surface area contributed by atoms with Crippen LogP contribution in [0.4, 0.5) is 0 Å². The summed E-state index contributed by atoms with van der Waals surface area (Å²) in [5, 5.41) is 6.46. The third-order valence-electron chi connectivity index (χ3n) is 6.49. The average molecular weight is 430 g/mol. The second-order valence-corrected chi connectivity index (χ2v) is 9.11. The Kier molecular flexibility index (Phi) is 6.83. The Morgan fingerprint density at radius 3 is 2.80 bits per heavy atom. The minimum Gasteiger partial charge on any atom is -0.382 e. The number of carbonyl (C=O) groups is 1. The molecule has 30 heavy (non-hydrogen) atoms. The van der Waals surface area contributed by atoms with Crippen molar-refractivity contribution in [1.29, 1.82) is 0 Å². The van der Waals surface area contributed by atoms with Gasteiger partial charge in [0, 0.05) is 30.5 Å². The lowest BCUT2D eigenvalue weighted by Crippen LogP contribution is -2.51. The van der Waals surface area contributed by atoms with E-state index in [4.69, 9.17) is 9.47 Å². The summed E-state index contributed by atoms with van der Waals surface area (Å²) in [5.74, 6) is 0.0633. The maximum Gasteiger partial charge on any atom is 0.220 e. The second kappa shape index (κ2) is 9.56. The van der Waals surface area contributed by atoms with Gasteiger partial charge in [0.2, 0.25) is 5.91 Å². The number of nitrogens with one attached hydrogen (secondary N) is 1. The number of nitrogens with zero attached hydrogens (tertiary/aromatic N) is 2. The molecular weight excluding hydrogens is 398 g/mol. The molecule has 2 atom stereocenters. The Bertz CT molecular complexity index is 834. The number of rotatable bonds is 8. The molecule has 7 heteroatoms. The molecule has 1 aliphatic carbocycles. The number of benzene rings is 1. The summed E-state index contributed by atoms with van der Waals surface area (Å²) in [7, 11) is 1.69. The van der Waals surface area contributed by atoms with Crippen LogP contribution in [0.5, 0.6) is 0 Å². The van der Waals surface area contributed by atoms with Crippen LogP contribution in [0.2, 0.25) is 0 Å². The van der Waals surface area contributed by atoms with E-state index in [0.29, 0.717) is 19.6 Å². The van der Waals surface area contributed by atoms with Crippen molar-refractivity contribution < 1.29 is 14.3 Å². The number of ether oxygens (including phenoxy) is 2. The van der Waals surface area contributed by atoms with E-state index in [2.05, 4.69) is 39.5 Å². The predicted octanol–water partition coefficient (Wildman–Crippen LogP) is 3.29. The lowest BCUT2D eigenvalue weighted by atomic mass is 9.72.